The number of hydrogen-bond acceptors (Lipinski definition) is 5. The van der Waals surface area contributed by atoms with Crippen LogP contribution in [0.2, 0.25) is 0 Å². The lowest BCUT2D eigenvalue weighted by atomic mass is 10.1. The lowest BCUT2D eigenvalue weighted by Crippen LogP contribution is -2.26. The second kappa shape index (κ2) is 10.3. The minimum atomic E-state index is -0.174. The predicted octanol–water partition coefficient (Wildman–Crippen LogP) is 3.06. The molecule has 2 rings (SSSR count). The lowest BCUT2D eigenvalue weighted by Gasteiger charge is -2.09. The van der Waals surface area contributed by atoms with Crippen LogP contribution in [-0.2, 0) is 6.42 Å². The summed E-state index contributed by atoms with van der Waals surface area (Å²) in [7, 11) is 1.65. The van der Waals surface area contributed by atoms with Crippen LogP contribution in [-0.4, -0.2) is 36.1 Å². The molecule has 0 saturated carbocycles. The number of carbonyl (C=O) groups is 1. The molecule has 0 radical (unpaired) electrons. The van der Waals surface area contributed by atoms with Gasteiger partial charge in [-0.3, -0.25) is 4.79 Å². The quantitative estimate of drug-likeness (QED) is 0.649. The summed E-state index contributed by atoms with van der Waals surface area (Å²) in [6, 6.07) is 7.79. The molecule has 1 amide bonds. The number of methoxy groups -OCH3 is 1. The molecule has 1 heterocycles. The summed E-state index contributed by atoms with van der Waals surface area (Å²) < 4.78 is 5.31. The molecule has 0 aliphatic rings. The summed E-state index contributed by atoms with van der Waals surface area (Å²) in [5, 5.41) is 6.04. The van der Waals surface area contributed by atoms with E-state index >= 15 is 0 Å². The molecule has 2 N–H and O–H groups in total. The number of amides is 1. The Hall–Kier alpha value is -2.63. The monoisotopic (exact) mass is 342 g/mol. The fourth-order valence-electron chi connectivity index (χ4n) is 2.43. The Bertz CT molecular complexity index is 659. The maximum absolute atomic E-state index is 12.2. The van der Waals surface area contributed by atoms with Crippen molar-refractivity contribution in [3.8, 4) is 5.75 Å². The van der Waals surface area contributed by atoms with Gasteiger partial charge in [0, 0.05) is 25.5 Å². The van der Waals surface area contributed by atoms with E-state index in [1.807, 2.05) is 24.3 Å². The number of ether oxygens (including phenoxy) is 1. The highest BCUT2D eigenvalue weighted by Crippen LogP contribution is 2.17. The Morgan fingerprint density at radius 2 is 1.88 bits per heavy atom. The Kier molecular flexibility index (Phi) is 7.69. The number of benzene rings is 1. The molecule has 0 unspecified atom stereocenters. The fourth-order valence-corrected chi connectivity index (χ4v) is 2.43. The highest BCUT2D eigenvalue weighted by atomic mass is 16.5. The molecule has 0 atom stereocenters. The number of para-hydroxylation sites is 1. The molecule has 0 saturated heterocycles. The van der Waals surface area contributed by atoms with Crippen molar-refractivity contribution < 1.29 is 9.53 Å². The predicted molar refractivity (Wildman–Crippen MR) is 99.1 cm³/mol. The molecule has 6 nitrogen and oxygen atoms in total. The first-order chi connectivity index (χ1) is 12.2. The van der Waals surface area contributed by atoms with Crippen LogP contribution in [0.25, 0.3) is 0 Å². The van der Waals surface area contributed by atoms with Crippen molar-refractivity contribution in [1.82, 2.24) is 15.3 Å². The third kappa shape index (κ3) is 6.06. The van der Waals surface area contributed by atoms with Gasteiger partial charge in [0.2, 0.25) is 5.95 Å². The largest absolute Gasteiger partial charge is 0.496 e. The van der Waals surface area contributed by atoms with E-state index in [1.165, 1.54) is 12.8 Å². The molecule has 1 aromatic heterocycles. The SMILES string of the molecule is CCCCCNc1ncc(C(=O)NCCc2ccccc2OC)cn1. The summed E-state index contributed by atoms with van der Waals surface area (Å²) in [5.74, 6) is 1.22. The number of anilines is 1. The number of rotatable bonds is 10. The second-order valence-electron chi connectivity index (χ2n) is 5.75. The van der Waals surface area contributed by atoms with E-state index in [-0.39, 0.29) is 5.91 Å². The Balaban J connectivity index is 1.78. The Labute approximate surface area is 149 Å². The molecule has 25 heavy (non-hydrogen) atoms. The molecule has 0 spiro atoms. The standard InChI is InChI=1S/C19H26N4O2/c1-3-4-7-11-21-19-22-13-16(14-23-19)18(24)20-12-10-15-8-5-6-9-17(15)25-2/h5-6,8-9,13-14H,3-4,7,10-12H2,1-2H3,(H,20,24)(H,21,22,23). The van der Waals surface area contributed by atoms with Crippen LogP contribution in [0.1, 0.15) is 42.1 Å². The molecular weight excluding hydrogens is 316 g/mol. The molecule has 0 aliphatic carbocycles. The van der Waals surface area contributed by atoms with Crippen LogP contribution < -0.4 is 15.4 Å². The van der Waals surface area contributed by atoms with Crippen molar-refractivity contribution in [2.24, 2.45) is 0 Å². The Morgan fingerprint density at radius 3 is 2.60 bits per heavy atom. The summed E-state index contributed by atoms with van der Waals surface area (Å²) in [6.07, 6.45) is 7.25. The summed E-state index contributed by atoms with van der Waals surface area (Å²) in [6.45, 7) is 3.53. The zero-order chi connectivity index (χ0) is 17.9. The molecule has 0 fully saturated rings. The van der Waals surface area contributed by atoms with Crippen LogP contribution in [0.15, 0.2) is 36.7 Å². The minimum Gasteiger partial charge on any atom is -0.496 e. The normalized spacial score (nSPS) is 10.3. The lowest BCUT2D eigenvalue weighted by molar-refractivity contribution is 0.0953. The number of unbranched alkanes of at least 4 members (excludes halogenated alkanes) is 2. The van der Waals surface area contributed by atoms with E-state index in [9.17, 15) is 4.79 Å². The van der Waals surface area contributed by atoms with Crippen molar-refractivity contribution in [3.63, 3.8) is 0 Å². The van der Waals surface area contributed by atoms with Gasteiger partial charge in [0.05, 0.1) is 12.7 Å². The van der Waals surface area contributed by atoms with E-state index in [0.29, 0.717) is 24.5 Å². The zero-order valence-corrected chi connectivity index (χ0v) is 14.9. The van der Waals surface area contributed by atoms with E-state index in [0.717, 1.165) is 24.3 Å². The molecule has 0 aliphatic heterocycles. The van der Waals surface area contributed by atoms with Gasteiger partial charge < -0.3 is 15.4 Å². The van der Waals surface area contributed by atoms with Crippen molar-refractivity contribution in [3.05, 3.63) is 47.8 Å². The van der Waals surface area contributed by atoms with Crippen LogP contribution >= 0.6 is 0 Å². The third-order valence-electron chi connectivity index (χ3n) is 3.85. The fraction of sp³-hybridized carbons (Fsp3) is 0.421. The number of nitrogens with zero attached hydrogens (tertiary/aromatic N) is 2. The first-order valence-corrected chi connectivity index (χ1v) is 8.70. The van der Waals surface area contributed by atoms with Gasteiger partial charge in [0.25, 0.3) is 5.91 Å². The van der Waals surface area contributed by atoms with E-state index in [2.05, 4.69) is 27.5 Å². The molecule has 1 aromatic carbocycles. The number of nitrogens with one attached hydrogen (secondary N) is 2. The van der Waals surface area contributed by atoms with Crippen LogP contribution in [0, 0.1) is 0 Å². The average Bonchev–Trinajstić information content (AvgIpc) is 2.66. The first-order valence-electron chi connectivity index (χ1n) is 8.70. The van der Waals surface area contributed by atoms with E-state index in [4.69, 9.17) is 4.74 Å². The van der Waals surface area contributed by atoms with E-state index in [1.54, 1.807) is 19.5 Å². The summed E-state index contributed by atoms with van der Waals surface area (Å²) >= 11 is 0. The van der Waals surface area contributed by atoms with Crippen LogP contribution in [0.4, 0.5) is 5.95 Å². The molecular formula is C19H26N4O2. The summed E-state index contributed by atoms with van der Waals surface area (Å²) in [5.41, 5.74) is 1.52. The highest BCUT2D eigenvalue weighted by molar-refractivity contribution is 5.93. The van der Waals surface area contributed by atoms with Gasteiger partial charge in [-0.2, -0.15) is 0 Å². The van der Waals surface area contributed by atoms with Gasteiger partial charge in [-0.25, -0.2) is 9.97 Å². The zero-order valence-electron chi connectivity index (χ0n) is 14.9. The van der Waals surface area contributed by atoms with Crippen molar-refractivity contribution in [2.75, 3.05) is 25.5 Å². The molecule has 0 bridgehead atoms. The third-order valence-corrected chi connectivity index (χ3v) is 3.85. The average molecular weight is 342 g/mol. The van der Waals surface area contributed by atoms with Gasteiger partial charge >= 0.3 is 0 Å². The second-order valence-corrected chi connectivity index (χ2v) is 5.75. The molecule has 2 aromatic rings. The molecule has 6 heteroatoms. The Morgan fingerprint density at radius 1 is 1.12 bits per heavy atom. The van der Waals surface area contributed by atoms with Gasteiger partial charge in [-0.05, 0) is 24.5 Å². The maximum Gasteiger partial charge on any atom is 0.254 e. The van der Waals surface area contributed by atoms with Crippen LogP contribution in [0.5, 0.6) is 5.75 Å². The first kappa shape index (κ1) is 18.7. The van der Waals surface area contributed by atoms with Gasteiger partial charge in [0.1, 0.15) is 5.75 Å². The maximum atomic E-state index is 12.2. The van der Waals surface area contributed by atoms with Gasteiger partial charge in [0.15, 0.2) is 0 Å². The van der Waals surface area contributed by atoms with Crippen molar-refractivity contribution >= 4 is 11.9 Å². The molecule has 134 valence electrons. The highest BCUT2D eigenvalue weighted by Gasteiger charge is 2.08. The van der Waals surface area contributed by atoms with Crippen LogP contribution in [0.3, 0.4) is 0 Å². The number of carbonyl (C=O) groups excluding carboxylic acids is 1. The summed E-state index contributed by atoms with van der Waals surface area (Å²) in [4.78, 5) is 20.5. The number of aromatic nitrogens is 2. The van der Waals surface area contributed by atoms with E-state index < -0.39 is 0 Å². The van der Waals surface area contributed by atoms with Gasteiger partial charge in [-0.15, -0.1) is 0 Å². The van der Waals surface area contributed by atoms with Gasteiger partial charge in [-0.1, -0.05) is 38.0 Å². The van der Waals surface area contributed by atoms with Crippen molar-refractivity contribution in [1.29, 1.82) is 0 Å². The van der Waals surface area contributed by atoms with Crippen molar-refractivity contribution in [2.45, 2.75) is 32.6 Å². The minimum absolute atomic E-state index is 0.174. The number of hydrogen-bond donors (Lipinski definition) is 2. The topological polar surface area (TPSA) is 76.1 Å². The smallest absolute Gasteiger partial charge is 0.254 e.